The minimum absolute atomic E-state index is 0.0208. The molecule has 0 unspecified atom stereocenters. The SMILES string of the molecule is Cn1nccc1NS(=O)(=O)c1cccc(C#CCCO)c1. The Labute approximate surface area is 123 Å². The summed E-state index contributed by atoms with van der Waals surface area (Å²) in [5, 5.41) is 12.6. The molecule has 0 aliphatic heterocycles. The minimum atomic E-state index is -3.69. The predicted octanol–water partition coefficient (Wildman–Crippen LogP) is 0.955. The van der Waals surface area contributed by atoms with Crippen LogP contribution in [0.3, 0.4) is 0 Å². The third kappa shape index (κ3) is 3.84. The molecule has 1 heterocycles. The summed E-state index contributed by atoms with van der Waals surface area (Å²) in [5.41, 5.74) is 0.580. The topological polar surface area (TPSA) is 84.2 Å². The summed E-state index contributed by atoms with van der Waals surface area (Å²) in [6, 6.07) is 7.90. The number of nitrogens with zero attached hydrogens (tertiary/aromatic N) is 2. The van der Waals surface area contributed by atoms with Gasteiger partial charge in [0.15, 0.2) is 0 Å². The summed E-state index contributed by atoms with van der Waals surface area (Å²) in [6.07, 6.45) is 1.86. The van der Waals surface area contributed by atoms with Gasteiger partial charge < -0.3 is 5.11 Å². The maximum atomic E-state index is 12.3. The van der Waals surface area contributed by atoms with E-state index in [0.29, 0.717) is 17.8 Å². The monoisotopic (exact) mass is 305 g/mol. The Balaban J connectivity index is 2.27. The number of aromatic nitrogens is 2. The summed E-state index contributed by atoms with van der Waals surface area (Å²) in [5.74, 6) is 5.95. The predicted molar refractivity (Wildman–Crippen MR) is 79.0 cm³/mol. The Morgan fingerprint density at radius 2 is 2.19 bits per heavy atom. The van der Waals surface area contributed by atoms with Crippen LogP contribution in [0.15, 0.2) is 41.4 Å². The van der Waals surface area contributed by atoms with E-state index in [1.165, 1.54) is 23.0 Å². The molecule has 0 aliphatic rings. The van der Waals surface area contributed by atoms with Gasteiger partial charge in [-0.1, -0.05) is 17.9 Å². The van der Waals surface area contributed by atoms with Crippen molar-refractivity contribution in [3.8, 4) is 11.8 Å². The van der Waals surface area contributed by atoms with Crippen LogP contribution in [0.2, 0.25) is 0 Å². The van der Waals surface area contributed by atoms with Crippen molar-refractivity contribution in [1.82, 2.24) is 9.78 Å². The molecule has 0 bridgehead atoms. The Hall–Kier alpha value is -2.30. The van der Waals surface area contributed by atoms with Gasteiger partial charge >= 0.3 is 0 Å². The number of sulfonamides is 1. The maximum Gasteiger partial charge on any atom is 0.263 e. The summed E-state index contributed by atoms with van der Waals surface area (Å²) in [4.78, 5) is 0.125. The number of anilines is 1. The molecule has 2 aromatic rings. The lowest BCUT2D eigenvalue weighted by molar-refractivity contribution is 0.305. The number of hydrogen-bond acceptors (Lipinski definition) is 4. The van der Waals surface area contributed by atoms with Gasteiger partial charge in [-0.15, -0.1) is 0 Å². The first-order valence-electron chi connectivity index (χ1n) is 6.23. The Morgan fingerprint density at radius 3 is 2.86 bits per heavy atom. The zero-order valence-electron chi connectivity index (χ0n) is 11.4. The third-order valence-corrected chi connectivity index (χ3v) is 4.03. The van der Waals surface area contributed by atoms with Crippen molar-refractivity contribution < 1.29 is 13.5 Å². The van der Waals surface area contributed by atoms with Crippen LogP contribution in [0.25, 0.3) is 0 Å². The molecule has 21 heavy (non-hydrogen) atoms. The van der Waals surface area contributed by atoms with Gasteiger partial charge in [-0.3, -0.25) is 9.40 Å². The van der Waals surface area contributed by atoms with Crippen LogP contribution >= 0.6 is 0 Å². The molecule has 0 radical (unpaired) electrons. The van der Waals surface area contributed by atoms with Crippen molar-refractivity contribution >= 4 is 15.8 Å². The Morgan fingerprint density at radius 1 is 1.38 bits per heavy atom. The van der Waals surface area contributed by atoms with E-state index in [4.69, 9.17) is 5.11 Å². The highest BCUT2D eigenvalue weighted by atomic mass is 32.2. The van der Waals surface area contributed by atoms with Crippen LogP contribution in [0.5, 0.6) is 0 Å². The number of benzene rings is 1. The molecule has 0 aliphatic carbocycles. The summed E-state index contributed by atoms with van der Waals surface area (Å²) in [7, 11) is -2.04. The van der Waals surface area contributed by atoms with Gasteiger partial charge in [-0.2, -0.15) is 5.10 Å². The molecule has 6 nitrogen and oxygen atoms in total. The van der Waals surface area contributed by atoms with Crippen LogP contribution in [0, 0.1) is 11.8 Å². The van der Waals surface area contributed by atoms with Gasteiger partial charge in [-0.05, 0) is 18.2 Å². The van der Waals surface area contributed by atoms with Crippen LogP contribution in [-0.2, 0) is 17.1 Å². The third-order valence-electron chi connectivity index (χ3n) is 2.67. The first kappa shape index (κ1) is 15.1. The maximum absolute atomic E-state index is 12.3. The highest BCUT2D eigenvalue weighted by Crippen LogP contribution is 2.16. The molecule has 1 aromatic carbocycles. The summed E-state index contributed by atoms with van der Waals surface area (Å²) >= 11 is 0. The summed E-state index contributed by atoms with van der Waals surface area (Å²) < 4.78 is 28.5. The van der Waals surface area contributed by atoms with Crippen LogP contribution in [-0.4, -0.2) is 29.9 Å². The van der Waals surface area contributed by atoms with Crippen molar-refractivity contribution in [3.63, 3.8) is 0 Å². The van der Waals surface area contributed by atoms with Crippen molar-refractivity contribution in [1.29, 1.82) is 0 Å². The number of aryl methyl sites for hydroxylation is 1. The Bertz CT molecular complexity index is 785. The van der Waals surface area contributed by atoms with Gasteiger partial charge in [-0.25, -0.2) is 8.42 Å². The second-order valence-electron chi connectivity index (χ2n) is 4.25. The van der Waals surface area contributed by atoms with Crippen molar-refractivity contribution in [3.05, 3.63) is 42.1 Å². The van der Waals surface area contributed by atoms with Crippen LogP contribution < -0.4 is 4.72 Å². The number of aliphatic hydroxyl groups is 1. The lowest BCUT2D eigenvalue weighted by atomic mass is 10.2. The van der Waals surface area contributed by atoms with Gasteiger partial charge in [0.1, 0.15) is 5.82 Å². The average Bonchev–Trinajstić information content (AvgIpc) is 2.84. The van der Waals surface area contributed by atoms with Crippen LogP contribution in [0.4, 0.5) is 5.82 Å². The second-order valence-corrected chi connectivity index (χ2v) is 5.93. The van der Waals surface area contributed by atoms with Crippen LogP contribution in [0.1, 0.15) is 12.0 Å². The number of rotatable bonds is 4. The molecule has 7 heteroatoms. The molecular formula is C14H15N3O3S. The molecule has 110 valence electrons. The lowest BCUT2D eigenvalue weighted by Crippen LogP contribution is -2.15. The van der Waals surface area contributed by atoms with Gasteiger partial charge in [0.2, 0.25) is 0 Å². The quantitative estimate of drug-likeness (QED) is 0.824. The van der Waals surface area contributed by atoms with E-state index in [1.54, 1.807) is 25.2 Å². The average molecular weight is 305 g/mol. The van der Waals surface area contributed by atoms with Gasteiger partial charge in [0.05, 0.1) is 17.7 Å². The largest absolute Gasteiger partial charge is 0.395 e. The van der Waals surface area contributed by atoms with Gasteiger partial charge in [0, 0.05) is 25.1 Å². The standard InChI is InChI=1S/C14H15N3O3S/c1-17-14(8-9-15-17)16-21(19,20)13-7-4-6-12(11-13)5-2-3-10-18/h4,6-9,11,16,18H,3,10H2,1H3. The molecule has 0 saturated heterocycles. The van der Waals surface area contributed by atoms with E-state index in [0.717, 1.165) is 0 Å². The zero-order valence-corrected chi connectivity index (χ0v) is 12.3. The number of hydrogen-bond donors (Lipinski definition) is 2. The Kier molecular flexibility index (Phi) is 4.62. The normalized spacial score (nSPS) is 10.8. The van der Waals surface area contributed by atoms with Crippen molar-refractivity contribution in [2.75, 3.05) is 11.3 Å². The fraction of sp³-hybridized carbons (Fsp3) is 0.214. The molecule has 2 N–H and O–H groups in total. The highest BCUT2D eigenvalue weighted by Gasteiger charge is 2.15. The minimum Gasteiger partial charge on any atom is -0.395 e. The molecule has 0 atom stereocenters. The number of aliphatic hydroxyl groups excluding tert-OH is 1. The molecular weight excluding hydrogens is 290 g/mol. The fourth-order valence-electron chi connectivity index (χ4n) is 1.63. The first-order chi connectivity index (χ1) is 10.0. The second kappa shape index (κ2) is 6.43. The van der Waals surface area contributed by atoms with E-state index in [2.05, 4.69) is 21.7 Å². The van der Waals surface area contributed by atoms with E-state index in [1.807, 2.05) is 0 Å². The molecule has 0 fully saturated rings. The molecule has 2 rings (SSSR count). The van der Waals surface area contributed by atoms with Crippen molar-refractivity contribution in [2.24, 2.45) is 7.05 Å². The van der Waals surface area contributed by atoms with E-state index in [-0.39, 0.29) is 11.5 Å². The highest BCUT2D eigenvalue weighted by molar-refractivity contribution is 7.92. The fourth-order valence-corrected chi connectivity index (χ4v) is 2.77. The number of nitrogens with one attached hydrogen (secondary N) is 1. The molecule has 0 amide bonds. The zero-order chi connectivity index (χ0) is 15.3. The van der Waals surface area contributed by atoms with Crippen molar-refractivity contribution in [2.45, 2.75) is 11.3 Å². The van der Waals surface area contributed by atoms with E-state index >= 15 is 0 Å². The van der Waals surface area contributed by atoms with E-state index in [9.17, 15) is 8.42 Å². The van der Waals surface area contributed by atoms with Gasteiger partial charge in [0.25, 0.3) is 10.0 Å². The first-order valence-corrected chi connectivity index (χ1v) is 7.72. The molecule has 0 spiro atoms. The van der Waals surface area contributed by atoms with E-state index < -0.39 is 10.0 Å². The molecule has 1 aromatic heterocycles. The lowest BCUT2D eigenvalue weighted by Gasteiger charge is -2.08. The molecule has 0 saturated carbocycles. The smallest absolute Gasteiger partial charge is 0.263 e. The summed E-state index contributed by atoms with van der Waals surface area (Å²) in [6.45, 7) is -0.0208.